The summed E-state index contributed by atoms with van der Waals surface area (Å²) in [7, 11) is 0. The van der Waals surface area contributed by atoms with Crippen LogP contribution in [0.25, 0.3) is 0 Å². The van der Waals surface area contributed by atoms with Crippen LogP contribution in [0, 0.1) is 5.92 Å². The predicted molar refractivity (Wildman–Crippen MR) is 69.6 cm³/mol. The first-order chi connectivity index (χ1) is 7.66. The number of ether oxygens (including phenoxy) is 1. The highest BCUT2D eigenvalue weighted by molar-refractivity contribution is 9.10. The lowest BCUT2D eigenvalue weighted by Gasteiger charge is -2.28. The van der Waals surface area contributed by atoms with Crippen LogP contribution in [0.4, 0.5) is 0 Å². The first-order valence-electron chi connectivity index (χ1n) is 5.46. The summed E-state index contributed by atoms with van der Waals surface area (Å²) in [6, 6.07) is 5.93. The van der Waals surface area contributed by atoms with Gasteiger partial charge in [0.05, 0.1) is 0 Å². The number of nitrogens with two attached hydrogens (primary N) is 1. The maximum absolute atomic E-state index is 6.27. The average Bonchev–Trinajstić information content (AvgIpc) is 2.28. The zero-order valence-electron chi connectivity index (χ0n) is 8.96. The van der Waals surface area contributed by atoms with Gasteiger partial charge in [0.1, 0.15) is 0 Å². The Morgan fingerprint density at radius 1 is 1.31 bits per heavy atom. The molecule has 1 atom stereocenters. The van der Waals surface area contributed by atoms with Crippen LogP contribution >= 0.6 is 27.5 Å². The van der Waals surface area contributed by atoms with Crippen LogP contribution in [0.2, 0.25) is 5.02 Å². The third kappa shape index (κ3) is 2.98. The number of halogens is 2. The maximum Gasteiger partial charge on any atom is 0.0469 e. The molecule has 0 spiro atoms. The molecule has 1 heterocycles. The van der Waals surface area contributed by atoms with Crippen molar-refractivity contribution in [3.63, 3.8) is 0 Å². The Kier molecular flexibility index (Phi) is 4.25. The van der Waals surface area contributed by atoms with Crippen molar-refractivity contribution in [3.05, 3.63) is 33.3 Å². The summed E-state index contributed by atoms with van der Waals surface area (Å²) >= 11 is 9.46. The van der Waals surface area contributed by atoms with Gasteiger partial charge < -0.3 is 10.5 Å². The second kappa shape index (κ2) is 5.50. The monoisotopic (exact) mass is 303 g/mol. The summed E-state index contributed by atoms with van der Waals surface area (Å²) in [6.07, 6.45) is 2.07. The van der Waals surface area contributed by atoms with Gasteiger partial charge in [0.2, 0.25) is 0 Å². The quantitative estimate of drug-likeness (QED) is 0.907. The fraction of sp³-hybridized carbons (Fsp3) is 0.500. The summed E-state index contributed by atoms with van der Waals surface area (Å²) in [5.41, 5.74) is 7.38. The zero-order valence-corrected chi connectivity index (χ0v) is 11.3. The standard InChI is InChI=1S/C12H15BrClNO/c13-10-5-9(6-11(14)7-10)12(15)8-1-3-16-4-2-8/h5-8,12H,1-4,15H2. The molecular formula is C12H15BrClNO. The van der Waals surface area contributed by atoms with Crippen LogP contribution in [-0.4, -0.2) is 13.2 Å². The van der Waals surface area contributed by atoms with E-state index in [-0.39, 0.29) is 6.04 Å². The van der Waals surface area contributed by atoms with E-state index in [4.69, 9.17) is 22.1 Å². The van der Waals surface area contributed by atoms with Crippen LogP contribution in [0.5, 0.6) is 0 Å². The molecule has 1 unspecified atom stereocenters. The van der Waals surface area contributed by atoms with E-state index < -0.39 is 0 Å². The fourth-order valence-electron chi connectivity index (χ4n) is 2.11. The normalized spacial score (nSPS) is 19.7. The number of benzene rings is 1. The van der Waals surface area contributed by atoms with Gasteiger partial charge in [0, 0.05) is 28.8 Å². The Hall–Kier alpha value is -0.0900. The Labute approximate surface area is 109 Å². The van der Waals surface area contributed by atoms with E-state index in [0.29, 0.717) is 5.92 Å². The van der Waals surface area contributed by atoms with E-state index in [9.17, 15) is 0 Å². The molecule has 0 saturated carbocycles. The molecule has 0 bridgehead atoms. The molecule has 2 rings (SSSR count). The largest absolute Gasteiger partial charge is 0.381 e. The first-order valence-corrected chi connectivity index (χ1v) is 6.63. The number of hydrogen-bond donors (Lipinski definition) is 1. The molecule has 88 valence electrons. The van der Waals surface area contributed by atoms with Crippen molar-refractivity contribution in [1.29, 1.82) is 0 Å². The summed E-state index contributed by atoms with van der Waals surface area (Å²) in [5.74, 6) is 0.499. The van der Waals surface area contributed by atoms with E-state index in [2.05, 4.69) is 15.9 Å². The Balaban J connectivity index is 2.15. The molecule has 0 radical (unpaired) electrons. The molecule has 1 saturated heterocycles. The minimum absolute atomic E-state index is 0.0545. The molecule has 1 fully saturated rings. The summed E-state index contributed by atoms with van der Waals surface area (Å²) in [5, 5.41) is 0.729. The fourth-order valence-corrected chi connectivity index (χ4v) is 3.00. The van der Waals surface area contributed by atoms with Crippen molar-refractivity contribution in [2.24, 2.45) is 11.7 Å². The van der Waals surface area contributed by atoms with Crippen molar-refractivity contribution in [2.45, 2.75) is 18.9 Å². The highest BCUT2D eigenvalue weighted by atomic mass is 79.9. The lowest BCUT2D eigenvalue weighted by Crippen LogP contribution is -2.27. The van der Waals surface area contributed by atoms with E-state index in [0.717, 1.165) is 41.1 Å². The van der Waals surface area contributed by atoms with Gasteiger partial charge >= 0.3 is 0 Å². The highest BCUT2D eigenvalue weighted by Gasteiger charge is 2.22. The van der Waals surface area contributed by atoms with Gasteiger partial charge in [-0.1, -0.05) is 27.5 Å². The summed E-state index contributed by atoms with van der Waals surface area (Å²) in [4.78, 5) is 0. The van der Waals surface area contributed by atoms with Crippen LogP contribution < -0.4 is 5.73 Å². The highest BCUT2D eigenvalue weighted by Crippen LogP contribution is 2.31. The Morgan fingerprint density at radius 3 is 2.62 bits per heavy atom. The SMILES string of the molecule is NC(c1cc(Cl)cc(Br)c1)C1CCOCC1. The van der Waals surface area contributed by atoms with Crippen LogP contribution in [0.15, 0.2) is 22.7 Å². The van der Waals surface area contributed by atoms with E-state index in [1.807, 2.05) is 18.2 Å². The van der Waals surface area contributed by atoms with Crippen molar-refractivity contribution in [1.82, 2.24) is 0 Å². The number of rotatable bonds is 2. The molecule has 1 aliphatic heterocycles. The van der Waals surface area contributed by atoms with Gasteiger partial charge in [-0.2, -0.15) is 0 Å². The van der Waals surface area contributed by atoms with Crippen LogP contribution in [0.1, 0.15) is 24.4 Å². The van der Waals surface area contributed by atoms with Gasteiger partial charge in [0.25, 0.3) is 0 Å². The third-order valence-corrected chi connectivity index (χ3v) is 3.72. The second-order valence-corrected chi connectivity index (χ2v) is 5.53. The van der Waals surface area contributed by atoms with Gasteiger partial charge in [-0.25, -0.2) is 0 Å². The molecule has 0 amide bonds. The van der Waals surface area contributed by atoms with Crippen molar-refractivity contribution in [2.75, 3.05) is 13.2 Å². The van der Waals surface area contributed by atoms with Crippen molar-refractivity contribution in [3.8, 4) is 0 Å². The van der Waals surface area contributed by atoms with Crippen molar-refractivity contribution < 1.29 is 4.74 Å². The summed E-state index contributed by atoms with van der Waals surface area (Å²) in [6.45, 7) is 1.64. The van der Waals surface area contributed by atoms with Gasteiger partial charge in [0.15, 0.2) is 0 Å². The molecule has 2 N–H and O–H groups in total. The van der Waals surface area contributed by atoms with E-state index in [1.165, 1.54) is 0 Å². The minimum Gasteiger partial charge on any atom is -0.381 e. The molecule has 16 heavy (non-hydrogen) atoms. The van der Waals surface area contributed by atoms with Crippen LogP contribution in [-0.2, 0) is 4.74 Å². The van der Waals surface area contributed by atoms with Crippen LogP contribution in [0.3, 0.4) is 0 Å². The first kappa shape index (κ1) is 12.4. The molecular weight excluding hydrogens is 289 g/mol. The number of hydrogen-bond acceptors (Lipinski definition) is 2. The Bertz CT molecular complexity index is 346. The van der Waals surface area contributed by atoms with E-state index in [1.54, 1.807) is 0 Å². The third-order valence-electron chi connectivity index (χ3n) is 3.04. The Morgan fingerprint density at radius 2 is 2.00 bits per heavy atom. The van der Waals surface area contributed by atoms with Gasteiger partial charge in [-0.15, -0.1) is 0 Å². The minimum atomic E-state index is 0.0545. The lowest BCUT2D eigenvalue weighted by atomic mass is 9.88. The van der Waals surface area contributed by atoms with Crippen molar-refractivity contribution >= 4 is 27.5 Å². The van der Waals surface area contributed by atoms with Gasteiger partial charge in [-0.05, 0) is 42.5 Å². The average molecular weight is 305 g/mol. The maximum atomic E-state index is 6.27. The lowest BCUT2D eigenvalue weighted by molar-refractivity contribution is 0.0584. The van der Waals surface area contributed by atoms with Gasteiger partial charge in [-0.3, -0.25) is 0 Å². The predicted octanol–water partition coefficient (Wildman–Crippen LogP) is 3.53. The molecule has 1 aliphatic rings. The molecule has 0 aromatic heterocycles. The summed E-state index contributed by atoms with van der Waals surface area (Å²) < 4.78 is 6.33. The zero-order chi connectivity index (χ0) is 11.5. The molecule has 0 aliphatic carbocycles. The molecule has 1 aromatic carbocycles. The second-order valence-electron chi connectivity index (χ2n) is 4.18. The molecule has 4 heteroatoms. The molecule has 2 nitrogen and oxygen atoms in total. The molecule has 1 aromatic rings. The topological polar surface area (TPSA) is 35.2 Å². The van der Waals surface area contributed by atoms with E-state index >= 15 is 0 Å². The smallest absolute Gasteiger partial charge is 0.0469 e.